The van der Waals surface area contributed by atoms with E-state index < -0.39 is 0 Å². The SMILES string of the molecule is COc1ccccc1C1CNCCN1Cc1cnc(CC(C)C)s1.Cl. The molecule has 0 radical (unpaired) electrons. The lowest BCUT2D eigenvalue weighted by atomic mass is 10.0. The Bertz CT molecular complexity index is 662. The van der Waals surface area contributed by atoms with E-state index in [0.717, 1.165) is 38.3 Å². The average Bonchev–Trinajstić information content (AvgIpc) is 3.01. The number of aromatic nitrogens is 1. The molecule has 1 aromatic carbocycles. The van der Waals surface area contributed by atoms with E-state index in [1.165, 1.54) is 15.4 Å². The minimum Gasteiger partial charge on any atom is -0.496 e. The fourth-order valence-corrected chi connectivity index (χ4v) is 4.41. The number of piperazine rings is 1. The third-order valence-electron chi connectivity index (χ3n) is 4.40. The summed E-state index contributed by atoms with van der Waals surface area (Å²) >= 11 is 1.86. The quantitative estimate of drug-likeness (QED) is 0.822. The maximum atomic E-state index is 5.58. The van der Waals surface area contributed by atoms with Crippen molar-refractivity contribution in [2.75, 3.05) is 26.7 Å². The Kier molecular flexibility index (Phi) is 7.69. The van der Waals surface area contributed by atoms with Crippen LogP contribution in [0.5, 0.6) is 5.75 Å². The number of nitrogens with one attached hydrogen (secondary N) is 1. The summed E-state index contributed by atoms with van der Waals surface area (Å²) in [5.41, 5.74) is 1.26. The monoisotopic (exact) mass is 381 g/mol. The molecule has 2 heterocycles. The first-order valence-electron chi connectivity index (χ1n) is 8.68. The Balaban J connectivity index is 0.00000225. The standard InChI is InChI=1S/C19H27N3OS.ClH/c1-14(2)10-19-21-11-15(24-19)13-22-9-8-20-12-17(22)16-6-4-5-7-18(16)23-3;/h4-7,11,14,17,20H,8-10,12-13H2,1-3H3;1H. The molecular weight excluding hydrogens is 354 g/mol. The number of hydrogen-bond donors (Lipinski definition) is 1. The number of hydrogen-bond acceptors (Lipinski definition) is 5. The van der Waals surface area contributed by atoms with Gasteiger partial charge in [0.2, 0.25) is 0 Å². The molecule has 0 amide bonds. The normalized spacial score (nSPS) is 18.2. The minimum absolute atomic E-state index is 0. The first-order chi connectivity index (χ1) is 11.7. The van der Waals surface area contributed by atoms with Crippen LogP contribution in [0.2, 0.25) is 0 Å². The van der Waals surface area contributed by atoms with E-state index in [-0.39, 0.29) is 12.4 Å². The van der Waals surface area contributed by atoms with Crippen molar-refractivity contribution >= 4 is 23.7 Å². The van der Waals surface area contributed by atoms with Crippen LogP contribution < -0.4 is 10.1 Å². The lowest BCUT2D eigenvalue weighted by molar-refractivity contribution is 0.152. The van der Waals surface area contributed by atoms with Gasteiger partial charge in [-0.25, -0.2) is 4.98 Å². The van der Waals surface area contributed by atoms with Gasteiger partial charge in [-0.05, 0) is 12.0 Å². The van der Waals surface area contributed by atoms with Crippen molar-refractivity contribution in [1.29, 1.82) is 0 Å². The van der Waals surface area contributed by atoms with Crippen LogP contribution in [0.4, 0.5) is 0 Å². The first-order valence-corrected chi connectivity index (χ1v) is 9.50. The molecule has 0 spiro atoms. The smallest absolute Gasteiger partial charge is 0.123 e. The molecule has 1 fully saturated rings. The molecule has 0 bridgehead atoms. The van der Waals surface area contributed by atoms with E-state index in [2.05, 4.69) is 53.4 Å². The fourth-order valence-electron chi connectivity index (χ4n) is 3.25. The summed E-state index contributed by atoms with van der Waals surface area (Å²) in [6, 6.07) is 8.70. The van der Waals surface area contributed by atoms with Gasteiger partial charge in [0.15, 0.2) is 0 Å². The van der Waals surface area contributed by atoms with E-state index >= 15 is 0 Å². The summed E-state index contributed by atoms with van der Waals surface area (Å²) in [5.74, 6) is 1.63. The molecule has 1 aromatic heterocycles. The largest absolute Gasteiger partial charge is 0.496 e. The zero-order valence-corrected chi connectivity index (χ0v) is 16.8. The van der Waals surface area contributed by atoms with E-state index in [9.17, 15) is 0 Å². The predicted molar refractivity (Wildman–Crippen MR) is 107 cm³/mol. The molecule has 0 aliphatic carbocycles. The second kappa shape index (κ2) is 9.53. The summed E-state index contributed by atoms with van der Waals surface area (Å²) in [5, 5.41) is 4.78. The van der Waals surface area contributed by atoms with Crippen molar-refractivity contribution < 1.29 is 4.74 Å². The highest BCUT2D eigenvalue weighted by molar-refractivity contribution is 7.11. The molecule has 3 rings (SSSR count). The molecule has 1 aliphatic heterocycles. The number of methoxy groups -OCH3 is 1. The Morgan fingerprint density at radius 2 is 2.16 bits per heavy atom. The number of benzene rings is 1. The van der Waals surface area contributed by atoms with Gasteiger partial charge in [-0.3, -0.25) is 4.90 Å². The van der Waals surface area contributed by atoms with Gasteiger partial charge in [0.1, 0.15) is 5.75 Å². The van der Waals surface area contributed by atoms with Gasteiger partial charge < -0.3 is 10.1 Å². The zero-order valence-electron chi connectivity index (χ0n) is 15.2. The van der Waals surface area contributed by atoms with Gasteiger partial charge in [-0.15, -0.1) is 23.7 Å². The summed E-state index contributed by atoms with van der Waals surface area (Å²) in [6.45, 7) is 8.48. The summed E-state index contributed by atoms with van der Waals surface area (Å²) in [7, 11) is 1.75. The molecule has 1 saturated heterocycles. The van der Waals surface area contributed by atoms with Crippen LogP contribution in [0.3, 0.4) is 0 Å². The lowest BCUT2D eigenvalue weighted by Gasteiger charge is -2.36. The number of para-hydroxylation sites is 1. The average molecular weight is 382 g/mol. The second-order valence-electron chi connectivity index (χ2n) is 6.75. The second-order valence-corrected chi connectivity index (χ2v) is 7.95. The van der Waals surface area contributed by atoms with E-state index in [0.29, 0.717) is 12.0 Å². The minimum atomic E-state index is 0. The zero-order chi connectivity index (χ0) is 16.9. The molecular formula is C19H28ClN3OS. The van der Waals surface area contributed by atoms with Crippen molar-refractivity contribution in [3.8, 4) is 5.75 Å². The van der Waals surface area contributed by atoms with Gasteiger partial charge in [-0.1, -0.05) is 32.0 Å². The van der Waals surface area contributed by atoms with Crippen LogP contribution in [0.15, 0.2) is 30.5 Å². The van der Waals surface area contributed by atoms with Gasteiger partial charge in [0, 0.05) is 49.2 Å². The molecule has 2 aromatic rings. The van der Waals surface area contributed by atoms with Crippen molar-refractivity contribution in [3.63, 3.8) is 0 Å². The Morgan fingerprint density at radius 3 is 2.92 bits per heavy atom. The van der Waals surface area contributed by atoms with E-state index in [1.54, 1.807) is 7.11 Å². The summed E-state index contributed by atoms with van der Waals surface area (Å²) in [6.07, 6.45) is 3.13. The number of ether oxygens (including phenoxy) is 1. The maximum Gasteiger partial charge on any atom is 0.123 e. The van der Waals surface area contributed by atoms with Crippen molar-refractivity contribution in [2.45, 2.75) is 32.9 Å². The highest BCUT2D eigenvalue weighted by atomic mass is 35.5. The number of nitrogens with zero attached hydrogens (tertiary/aromatic N) is 2. The van der Waals surface area contributed by atoms with Crippen molar-refractivity contribution in [2.24, 2.45) is 5.92 Å². The predicted octanol–water partition coefficient (Wildman–Crippen LogP) is 3.92. The van der Waals surface area contributed by atoms with Crippen LogP contribution >= 0.6 is 23.7 Å². The number of rotatable bonds is 6. The topological polar surface area (TPSA) is 37.4 Å². The van der Waals surface area contributed by atoms with Gasteiger partial charge in [-0.2, -0.15) is 0 Å². The molecule has 1 aliphatic rings. The highest BCUT2D eigenvalue weighted by Crippen LogP contribution is 2.31. The van der Waals surface area contributed by atoms with E-state index in [1.807, 2.05) is 17.4 Å². The van der Waals surface area contributed by atoms with Gasteiger partial charge >= 0.3 is 0 Å². The molecule has 1 atom stereocenters. The fraction of sp³-hybridized carbons (Fsp3) is 0.526. The van der Waals surface area contributed by atoms with E-state index in [4.69, 9.17) is 4.74 Å². The van der Waals surface area contributed by atoms with Gasteiger partial charge in [0.25, 0.3) is 0 Å². The molecule has 0 saturated carbocycles. The van der Waals surface area contributed by atoms with Crippen LogP contribution in [-0.4, -0.2) is 36.6 Å². The van der Waals surface area contributed by atoms with Crippen LogP contribution in [0.25, 0.3) is 0 Å². The van der Waals surface area contributed by atoms with Crippen molar-refractivity contribution in [1.82, 2.24) is 15.2 Å². The number of halogens is 1. The molecule has 25 heavy (non-hydrogen) atoms. The van der Waals surface area contributed by atoms with Crippen molar-refractivity contribution in [3.05, 3.63) is 45.9 Å². The third-order valence-corrected chi connectivity index (χ3v) is 5.40. The first kappa shape index (κ1) is 20.2. The highest BCUT2D eigenvalue weighted by Gasteiger charge is 2.26. The molecule has 6 heteroatoms. The maximum absolute atomic E-state index is 5.58. The molecule has 1 unspecified atom stereocenters. The summed E-state index contributed by atoms with van der Waals surface area (Å²) < 4.78 is 5.58. The third kappa shape index (κ3) is 5.17. The molecule has 1 N–H and O–H groups in total. The Hall–Kier alpha value is -1.14. The lowest BCUT2D eigenvalue weighted by Crippen LogP contribution is -2.45. The van der Waals surface area contributed by atoms with Crippen LogP contribution in [0.1, 0.15) is 35.3 Å². The van der Waals surface area contributed by atoms with Crippen LogP contribution in [-0.2, 0) is 13.0 Å². The van der Waals surface area contributed by atoms with Crippen LogP contribution in [0, 0.1) is 5.92 Å². The Labute approximate surface area is 161 Å². The summed E-state index contributed by atoms with van der Waals surface area (Å²) in [4.78, 5) is 8.50. The van der Waals surface area contributed by atoms with Gasteiger partial charge in [0.05, 0.1) is 18.2 Å². The molecule has 138 valence electrons. The molecule has 4 nitrogen and oxygen atoms in total. The number of thiazole rings is 1. The Morgan fingerprint density at radius 1 is 1.36 bits per heavy atom.